The molecule has 9 heteroatoms. The van der Waals surface area contributed by atoms with E-state index in [-0.39, 0.29) is 9.77 Å². The average Bonchev–Trinajstić information content (AvgIpc) is 3.37. The molecule has 6 nitrogen and oxygen atoms in total. The zero-order valence-electron chi connectivity index (χ0n) is 17.1. The lowest BCUT2D eigenvalue weighted by atomic mass is 10.2. The third-order valence-electron chi connectivity index (χ3n) is 5.51. The van der Waals surface area contributed by atoms with E-state index >= 15 is 0 Å². The van der Waals surface area contributed by atoms with Gasteiger partial charge >= 0.3 is 4.87 Å². The van der Waals surface area contributed by atoms with Crippen molar-refractivity contribution in [2.75, 3.05) is 13.2 Å². The molecule has 0 bridgehead atoms. The number of fused-ring (bicyclic) bond motifs is 1. The number of ether oxygens (including phenoxy) is 1. The number of hydrogen-bond donors (Lipinski definition) is 1. The smallest absolute Gasteiger partial charge is 0.308 e. The van der Waals surface area contributed by atoms with Gasteiger partial charge in [-0.25, -0.2) is 13.1 Å². The number of nitrogens with one attached hydrogen (secondary N) is 1. The van der Waals surface area contributed by atoms with E-state index in [1.54, 1.807) is 22.8 Å². The van der Waals surface area contributed by atoms with Crippen molar-refractivity contribution < 1.29 is 13.2 Å². The Kier molecular flexibility index (Phi) is 7.13. The van der Waals surface area contributed by atoms with E-state index in [1.165, 1.54) is 18.9 Å². The summed E-state index contributed by atoms with van der Waals surface area (Å²) in [5.74, 6) is 0. The molecule has 0 unspecified atom stereocenters. The predicted molar refractivity (Wildman–Crippen MR) is 125 cm³/mol. The van der Waals surface area contributed by atoms with Crippen LogP contribution in [0, 0.1) is 0 Å². The molecule has 0 spiro atoms. The van der Waals surface area contributed by atoms with Gasteiger partial charge in [-0.15, -0.1) is 0 Å². The molecule has 2 aromatic carbocycles. The Labute approximate surface area is 190 Å². The molecule has 1 fully saturated rings. The number of thiazole rings is 1. The van der Waals surface area contributed by atoms with Crippen molar-refractivity contribution in [2.24, 2.45) is 0 Å². The van der Waals surface area contributed by atoms with Crippen LogP contribution < -0.4 is 9.60 Å². The maximum Gasteiger partial charge on any atom is 0.308 e. The molecular weight excluding hydrogens is 456 g/mol. The van der Waals surface area contributed by atoms with Gasteiger partial charge in [-0.3, -0.25) is 9.36 Å². The van der Waals surface area contributed by atoms with Crippen molar-refractivity contribution in [3.05, 3.63) is 62.7 Å². The summed E-state index contributed by atoms with van der Waals surface area (Å²) in [4.78, 5) is 12.5. The Morgan fingerprint density at radius 1 is 1.16 bits per heavy atom. The van der Waals surface area contributed by atoms with Crippen molar-refractivity contribution in [3.63, 3.8) is 0 Å². The first kappa shape index (κ1) is 22.5. The van der Waals surface area contributed by atoms with Gasteiger partial charge in [-0.05, 0) is 49.1 Å². The minimum absolute atomic E-state index is 0.151. The number of sulfonamides is 1. The summed E-state index contributed by atoms with van der Waals surface area (Å²) in [7, 11) is -3.65. The Hall–Kier alpha value is -1.71. The Morgan fingerprint density at radius 3 is 2.71 bits per heavy atom. The van der Waals surface area contributed by atoms with Crippen molar-refractivity contribution in [3.8, 4) is 0 Å². The van der Waals surface area contributed by atoms with Crippen LogP contribution in [-0.2, 0) is 21.3 Å². The first-order valence-electron chi connectivity index (χ1n) is 10.4. The largest absolute Gasteiger partial charge is 0.378 e. The van der Waals surface area contributed by atoms with E-state index < -0.39 is 10.0 Å². The van der Waals surface area contributed by atoms with Gasteiger partial charge in [0, 0.05) is 18.2 Å². The summed E-state index contributed by atoms with van der Waals surface area (Å²) in [6.07, 6.45) is 5.59. The highest BCUT2D eigenvalue weighted by molar-refractivity contribution is 7.89. The van der Waals surface area contributed by atoms with Gasteiger partial charge in [0.25, 0.3) is 0 Å². The van der Waals surface area contributed by atoms with Crippen LogP contribution >= 0.6 is 22.9 Å². The topological polar surface area (TPSA) is 77.4 Å². The molecule has 3 aromatic rings. The van der Waals surface area contributed by atoms with Gasteiger partial charge in [0.05, 0.1) is 27.8 Å². The Bertz CT molecular complexity index is 1210. The first-order chi connectivity index (χ1) is 14.9. The highest BCUT2D eigenvalue weighted by atomic mass is 35.5. The first-order valence-corrected chi connectivity index (χ1v) is 13.1. The van der Waals surface area contributed by atoms with Crippen LogP contribution in [0.3, 0.4) is 0 Å². The van der Waals surface area contributed by atoms with Crippen LogP contribution in [-0.4, -0.2) is 32.2 Å². The molecule has 1 aliphatic rings. The van der Waals surface area contributed by atoms with E-state index in [9.17, 15) is 13.2 Å². The molecule has 1 aliphatic carbocycles. The van der Waals surface area contributed by atoms with E-state index in [0.717, 1.165) is 29.7 Å². The van der Waals surface area contributed by atoms with E-state index in [4.69, 9.17) is 16.3 Å². The normalized spacial score (nSPS) is 15.1. The number of hydrogen-bond acceptors (Lipinski definition) is 5. The van der Waals surface area contributed by atoms with E-state index in [0.29, 0.717) is 47.5 Å². The van der Waals surface area contributed by atoms with Crippen LogP contribution in [0.25, 0.3) is 10.2 Å². The molecule has 0 saturated heterocycles. The monoisotopic (exact) mass is 480 g/mol. The van der Waals surface area contributed by atoms with Crippen molar-refractivity contribution >= 4 is 43.2 Å². The van der Waals surface area contributed by atoms with E-state index in [2.05, 4.69) is 4.72 Å². The van der Waals surface area contributed by atoms with Gasteiger partial charge < -0.3 is 4.74 Å². The van der Waals surface area contributed by atoms with Gasteiger partial charge in [0.1, 0.15) is 0 Å². The number of benzene rings is 2. The minimum atomic E-state index is -3.65. The quantitative estimate of drug-likeness (QED) is 0.461. The molecule has 0 atom stereocenters. The van der Waals surface area contributed by atoms with Gasteiger partial charge in [-0.2, -0.15) is 0 Å². The standard InChI is InChI=1S/C22H25ClN2O4S2/c23-19-9-4-1-6-16(19)15-25-20-11-10-18(14-21(20)30-22(25)26)31(27,28)24-12-5-13-29-17-7-2-3-8-17/h1,4,6,9-11,14,17,24H,2-3,5,7-8,12-13,15H2. The third kappa shape index (κ3) is 5.38. The molecule has 0 amide bonds. The summed E-state index contributed by atoms with van der Waals surface area (Å²) >= 11 is 7.26. The van der Waals surface area contributed by atoms with E-state index in [1.807, 2.05) is 18.2 Å². The second-order valence-corrected chi connectivity index (χ2v) is 10.9. The molecule has 1 N–H and O–H groups in total. The fraction of sp³-hybridized carbons (Fsp3) is 0.409. The van der Waals surface area contributed by atoms with Crippen molar-refractivity contribution in [2.45, 2.75) is 49.6 Å². The molecule has 1 heterocycles. The molecule has 0 aliphatic heterocycles. The van der Waals surface area contributed by atoms with Gasteiger partial charge in [0.15, 0.2) is 0 Å². The summed E-state index contributed by atoms with van der Waals surface area (Å²) < 4.78 is 36.0. The summed E-state index contributed by atoms with van der Waals surface area (Å²) in [5, 5.41) is 0.592. The van der Waals surface area contributed by atoms with Crippen LogP contribution in [0.15, 0.2) is 52.2 Å². The fourth-order valence-electron chi connectivity index (χ4n) is 3.83. The second kappa shape index (κ2) is 9.83. The average molecular weight is 481 g/mol. The summed E-state index contributed by atoms with van der Waals surface area (Å²) in [5.41, 5.74) is 1.53. The highest BCUT2D eigenvalue weighted by Crippen LogP contribution is 2.24. The van der Waals surface area contributed by atoms with Crippen molar-refractivity contribution in [1.82, 2.24) is 9.29 Å². The summed E-state index contributed by atoms with van der Waals surface area (Å²) in [6.45, 7) is 1.21. The van der Waals surface area contributed by atoms with Crippen LogP contribution in [0.1, 0.15) is 37.7 Å². The Morgan fingerprint density at radius 2 is 1.94 bits per heavy atom. The maximum absolute atomic E-state index is 12.7. The molecule has 1 aromatic heterocycles. The summed E-state index contributed by atoms with van der Waals surface area (Å²) in [6, 6.07) is 12.1. The fourth-order valence-corrected chi connectivity index (χ4v) is 6.13. The van der Waals surface area contributed by atoms with Crippen LogP contribution in [0.2, 0.25) is 5.02 Å². The SMILES string of the molecule is O=c1sc2cc(S(=O)(=O)NCCCOC3CCCC3)ccc2n1Cc1ccccc1Cl. The number of rotatable bonds is 9. The number of aromatic nitrogens is 1. The van der Waals surface area contributed by atoms with Crippen LogP contribution in [0.5, 0.6) is 0 Å². The van der Waals surface area contributed by atoms with Crippen molar-refractivity contribution in [1.29, 1.82) is 0 Å². The molecular formula is C22H25ClN2O4S2. The third-order valence-corrected chi connectivity index (χ3v) is 8.27. The van der Waals surface area contributed by atoms with Gasteiger partial charge in [-0.1, -0.05) is 54.0 Å². The predicted octanol–water partition coefficient (Wildman–Crippen LogP) is 4.39. The second-order valence-electron chi connectivity index (χ2n) is 7.70. The lowest BCUT2D eigenvalue weighted by Gasteiger charge is -2.11. The lowest BCUT2D eigenvalue weighted by molar-refractivity contribution is 0.0575. The van der Waals surface area contributed by atoms with Crippen LogP contribution in [0.4, 0.5) is 0 Å². The zero-order chi connectivity index (χ0) is 21.8. The molecule has 166 valence electrons. The lowest BCUT2D eigenvalue weighted by Crippen LogP contribution is -2.26. The highest BCUT2D eigenvalue weighted by Gasteiger charge is 2.18. The number of halogens is 1. The molecule has 0 radical (unpaired) electrons. The van der Waals surface area contributed by atoms with Gasteiger partial charge in [0.2, 0.25) is 10.0 Å². The molecule has 4 rings (SSSR count). The molecule has 1 saturated carbocycles. The maximum atomic E-state index is 12.7. The number of nitrogens with zero attached hydrogens (tertiary/aromatic N) is 1. The Balaban J connectivity index is 1.43. The zero-order valence-corrected chi connectivity index (χ0v) is 19.4. The molecule has 31 heavy (non-hydrogen) atoms. The minimum Gasteiger partial charge on any atom is -0.378 e.